The van der Waals surface area contributed by atoms with Gasteiger partial charge in [-0.1, -0.05) is 6.42 Å². The van der Waals surface area contributed by atoms with Gasteiger partial charge in [-0.05, 0) is 37.3 Å². The van der Waals surface area contributed by atoms with Crippen molar-refractivity contribution < 1.29 is 18.7 Å². The number of aliphatic hydroxyl groups excluding tert-OH is 1. The molecule has 1 aliphatic rings. The lowest BCUT2D eigenvalue weighted by molar-refractivity contribution is 0.0873. The molecule has 1 saturated carbocycles. The molecule has 3 nitrogen and oxygen atoms in total. The van der Waals surface area contributed by atoms with E-state index in [4.69, 9.17) is 0 Å². The van der Waals surface area contributed by atoms with Crippen molar-refractivity contribution in [2.75, 3.05) is 6.54 Å². The Balaban J connectivity index is 1.90. The van der Waals surface area contributed by atoms with E-state index in [9.17, 15) is 18.7 Å². The van der Waals surface area contributed by atoms with E-state index in [2.05, 4.69) is 5.32 Å². The summed E-state index contributed by atoms with van der Waals surface area (Å²) in [5.74, 6) is -1.79. The Morgan fingerprint density at radius 3 is 2.58 bits per heavy atom. The third kappa shape index (κ3) is 3.99. The molecule has 2 N–H and O–H groups in total. The maximum atomic E-state index is 13.0. The summed E-state index contributed by atoms with van der Waals surface area (Å²) in [6.07, 6.45) is 3.06. The molecule has 0 saturated heterocycles. The number of amides is 1. The van der Waals surface area contributed by atoms with E-state index >= 15 is 0 Å². The number of carbonyl (C=O) groups is 1. The van der Waals surface area contributed by atoms with E-state index in [1.165, 1.54) is 0 Å². The van der Waals surface area contributed by atoms with Gasteiger partial charge in [-0.2, -0.15) is 0 Å². The molecule has 2 rings (SSSR count). The number of hydrogen-bond donors (Lipinski definition) is 2. The topological polar surface area (TPSA) is 49.3 Å². The van der Waals surface area contributed by atoms with Crippen LogP contribution in [0.4, 0.5) is 8.78 Å². The number of carbonyl (C=O) groups excluding carboxylic acids is 1. The molecule has 19 heavy (non-hydrogen) atoms. The van der Waals surface area contributed by atoms with Gasteiger partial charge >= 0.3 is 0 Å². The summed E-state index contributed by atoms with van der Waals surface area (Å²) < 4.78 is 26.0. The summed E-state index contributed by atoms with van der Waals surface area (Å²) in [5.41, 5.74) is -0.0196. The number of benzene rings is 1. The first-order chi connectivity index (χ1) is 9.04. The number of halogens is 2. The molecule has 0 spiro atoms. The van der Waals surface area contributed by atoms with Crippen LogP contribution in [0.5, 0.6) is 0 Å². The Morgan fingerprint density at radius 2 is 1.95 bits per heavy atom. The molecule has 1 aliphatic carbocycles. The predicted molar refractivity (Wildman–Crippen MR) is 66.7 cm³/mol. The molecule has 2 unspecified atom stereocenters. The van der Waals surface area contributed by atoms with Gasteiger partial charge in [0, 0.05) is 18.2 Å². The van der Waals surface area contributed by atoms with Gasteiger partial charge in [0.25, 0.3) is 5.91 Å². The first-order valence-corrected chi connectivity index (χ1v) is 6.47. The molecule has 0 radical (unpaired) electrons. The summed E-state index contributed by atoms with van der Waals surface area (Å²) in [4.78, 5) is 11.8. The second kappa shape index (κ2) is 6.10. The van der Waals surface area contributed by atoms with Crippen LogP contribution in [0, 0.1) is 17.6 Å². The summed E-state index contributed by atoms with van der Waals surface area (Å²) in [5, 5.41) is 12.2. The van der Waals surface area contributed by atoms with E-state index < -0.39 is 17.5 Å². The minimum Gasteiger partial charge on any atom is -0.393 e. The summed E-state index contributed by atoms with van der Waals surface area (Å²) in [6, 6.07) is 2.75. The maximum Gasteiger partial charge on any atom is 0.251 e. The van der Waals surface area contributed by atoms with E-state index in [1.54, 1.807) is 0 Å². The first-order valence-electron chi connectivity index (χ1n) is 6.47. The molecule has 104 valence electrons. The highest BCUT2D eigenvalue weighted by Gasteiger charge is 2.20. The molecule has 1 amide bonds. The molecular weight excluding hydrogens is 252 g/mol. The zero-order valence-electron chi connectivity index (χ0n) is 10.5. The fourth-order valence-electron chi connectivity index (χ4n) is 2.47. The number of nitrogens with one attached hydrogen (secondary N) is 1. The van der Waals surface area contributed by atoms with Gasteiger partial charge in [-0.25, -0.2) is 8.78 Å². The Morgan fingerprint density at radius 1 is 1.26 bits per heavy atom. The molecular formula is C14H17F2NO2. The number of aliphatic hydroxyl groups is 1. The van der Waals surface area contributed by atoms with Crippen LogP contribution in [0.25, 0.3) is 0 Å². The average Bonchev–Trinajstić information content (AvgIpc) is 2.35. The van der Waals surface area contributed by atoms with Crippen molar-refractivity contribution in [1.82, 2.24) is 5.32 Å². The average molecular weight is 269 g/mol. The molecule has 0 aliphatic heterocycles. The van der Waals surface area contributed by atoms with Crippen molar-refractivity contribution in [2.24, 2.45) is 5.92 Å². The van der Waals surface area contributed by atoms with E-state index in [-0.39, 0.29) is 17.6 Å². The zero-order chi connectivity index (χ0) is 13.8. The van der Waals surface area contributed by atoms with Crippen molar-refractivity contribution in [2.45, 2.75) is 31.8 Å². The summed E-state index contributed by atoms with van der Waals surface area (Å²) in [6.45, 7) is 0.425. The van der Waals surface area contributed by atoms with Crippen molar-refractivity contribution in [1.29, 1.82) is 0 Å². The fourth-order valence-corrected chi connectivity index (χ4v) is 2.47. The largest absolute Gasteiger partial charge is 0.393 e. The third-order valence-electron chi connectivity index (χ3n) is 3.43. The van der Waals surface area contributed by atoms with Crippen LogP contribution in [-0.4, -0.2) is 23.7 Å². The van der Waals surface area contributed by atoms with Gasteiger partial charge in [0.1, 0.15) is 11.6 Å². The third-order valence-corrected chi connectivity index (χ3v) is 3.43. The molecule has 2 atom stereocenters. The molecule has 1 aromatic carbocycles. The standard InChI is InChI=1S/C14H17F2NO2/c15-11-5-10(6-12(16)7-11)14(19)17-8-9-2-1-3-13(18)4-9/h5-7,9,13,18H,1-4,8H2,(H,17,19). The normalized spacial score (nSPS) is 23.1. The number of rotatable bonds is 3. The summed E-state index contributed by atoms with van der Waals surface area (Å²) >= 11 is 0. The van der Waals surface area contributed by atoms with Crippen LogP contribution >= 0.6 is 0 Å². The molecule has 0 aromatic heterocycles. The Bertz CT molecular complexity index is 445. The smallest absolute Gasteiger partial charge is 0.251 e. The van der Waals surface area contributed by atoms with Gasteiger partial charge in [0.15, 0.2) is 0 Å². The van der Waals surface area contributed by atoms with Gasteiger partial charge in [-0.3, -0.25) is 4.79 Å². The molecule has 1 aromatic rings. The van der Waals surface area contributed by atoms with Gasteiger partial charge in [-0.15, -0.1) is 0 Å². The minimum atomic E-state index is -0.766. The van der Waals surface area contributed by atoms with Gasteiger partial charge in [0.2, 0.25) is 0 Å². The van der Waals surface area contributed by atoms with Gasteiger partial charge < -0.3 is 10.4 Å². The first kappa shape index (κ1) is 13.9. The Hall–Kier alpha value is -1.49. The lowest BCUT2D eigenvalue weighted by Crippen LogP contribution is -2.33. The van der Waals surface area contributed by atoms with Crippen molar-refractivity contribution in [3.05, 3.63) is 35.4 Å². The van der Waals surface area contributed by atoms with Gasteiger partial charge in [0.05, 0.1) is 6.10 Å². The van der Waals surface area contributed by atoms with Crippen molar-refractivity contribution in [3.8, 4) is 0 Å². The van der Waals surface area contributed by atoms with Crippen LogP contribution in [0.3, 0.4) is 0 Å². The Kier molecular flexibility index (Phi) is 4.47. The van der Waals surface area contributed by atoms with Crippen molar-refractivity contribution in [3.63, 3.8) is 0 Å². The van der Waals surface area contributed by atoms with Crippen molar-refractivity contribution >= 4 is 5.91 Å². The maximum absolute atomic E-state index is 13.0. The van der Waals surface area contributed by atoms with Crippen LogP contribution in [0.15, 0.2) is 18.2 Å². The number of hydrogen-bond acceptors (Lipinski definition) is 2. The highest BCUT2D eigenvalue weighted by Crippen LogP contribution is 2.23. The Labute approximate surface area is 110 Å². The lowest BCUT2D eigenvalue weighted by Gasteiger charge is -2.25. The zero-order valence-corrected chi connectivity index (χ0v) is 10.5. The minimum absolute atomic E-state index is 0.0196. The van der Waals surface area contributed by atoms with Crippen LogP contribution in [0.1, 0.15) is 36.0 Å². The molecule has 1 fully saturated rings. The highest BCUT2D eigenvalue weighted by atomic mass is 19.1. The van der Waals surface area contributed by atoms with Crippen LogP contribution in [-0.2, 0) is 0 Å². The van der Waals surface area contributed by atoms with Crippen LogP contribution in [0.2, 0.25) is 0 Å². The van der Waals surface area contributed by atoms with E-state index in [1.807, 2.05) is 0 Å². The lowest BCUT2D eigenvalue weighted by atomic mass is 9.87. The summed E-state index contributed by atoms with van der Waals surface area (Å²) in [7, 11) is 0. The molecule has 0 bridgehead atoms. The highest BCUT2D eigenvalue weighted by molar-refractivity contribution is 5.94. The quantitative estimate of drug-likeness (QED) is 0.884. The second-order valence-electron chi connectivity index (χ2n) is 5.05. The van der Waals surface area contributed by atoms with E-state index in [0.717, 1.165) is 37.5 Å². The molecule has 5 heteroatoms. The monoisotopic (exact) mass is 269 g/mol. The SMILES string of the molecule is O=C(NCC1CCCC(O)C1)c1cc(F)cc(F)c1. The fraction of sp³-hybridized carbons (Fsp3) is 0.500. The van der Waals surface area contributed by atoms with Crippen LogP contribution < -0.4 is 5.32 Å². The predicted octanol–water partition coefficient (Wildman–Crippen LogP) is 2.25. The second-order valence-corrected chi connectivity index (χ2v) is 5.05. The van der Waals surface area contributed by atoms with E-state index in [0.29, 0.717) is 13.0 Å². The molecule has 0 heterocycles.